The third-order valence-corrected chi connectivity index (χ3v) is 2.89. The summed E-state index contributed by atoms with van der Waals surface area (Å²) in [5.41, 5.74) is 1.46. The van der Waals surface area contributed by atoms with Gasteiger partial charge in [0.25, 0.3) is 0 Å². The highest BCUT2D eigenvalue weighted by molar-refractivity contribution is 5.90. The lowest BCUT2D eigenvalue weighted by Gasteiger charge is -2.25. The van der Waals surface area contributed by atoms with Crippen molar-refractivity contribution in [2.45, 2.75) is 25.4 Å². The third-order valence-electron chi connectivity index (χ3n) is 2.89. The van der Waals surface area contributed by atoms with Crippen LogP contribution in [0.4, 0.5) is 5.69 Å². The minimum atomic E-state index is -0.247. The van der Waals surface area contributed by atoms with Crippen molar-refractivity contribution in [3.63, 3.8) is 0 Å². The van der Waals surface area contributed by atoms with Gasteiger partial charge in [0, 0.05) is 12.2 Å². The molecule has 4 nitrogen and oxygen atoms in total. The second-order valence-corrected chi connectivity index (χ2v) is 4.19. The van der Waals surface area contributed by atoms with Crippen LogP contribution in [-0.4, -0.2) is 30.3 Å². The zero-order valence-corrected chi connectivity index (χ0v) is 9.69. The van der Waals surface area contributed by atoms with Gasteiger partial charge in [-0.05, 0) is 43.5 Å². The van der Waals surface area contributed by atoms with Crippen LogP contribution >= 0.6 is 0 Å². The Morgan fingerprint density at radius 2 is 2.06 bits per heavy atom. The van der Waals surface area contributed by atoms with Crippen LogP contribution in [0.5, 0.6) is 0 Å². The predicted octanol–water partition coefficient (Wildman–Crippen LogP) is 1.80. The van der Waals surface area contributed by atoms with Crippen molar-refractivity contribution in [3.8, 4) is 0 Å². The summed E-state index contributed by atoms with van der Waals surface area (Å²) < 4.78 is 5.29. The van der Waals surface area contributed by atoms with Crippen LogP contribution in [0.2, 0.25) is 0 Å². The Bertz CT molecular complexity index is 371. The number of hydrogen-bond acceptors (Lipinski definition) is 4. The molecule has 0 saturated heterocycles. The molecule has 92 valence electrons. The fourth-order valence-electron chi connectivity index (χ4n) is 1.63. The first-order valence-electron chi connectivity index (χ1n) is 5.95. The molecule has 1 aliphatic carbocycles. The summed E-state index contributed by atoms with van der Waals surface area (Å²) in [6.45, 7) is 0.595. The number of rotatable bonds is 5. The number of carbonyl (C=O) groups excluding carboxylic acids is 1. The molecule has 0 unspecified atom stereocenters. The van der Waals surface area contributed by atoms with E-state index in [1.54, 1.807) is 12.1 Å². The molecule has 0 aliphatic heterocycles. The Hall–Kier alpha value is -1.55. The Kier molecular flexibility index (Phi) is 3.98. The van der Waals surface area contributed by atoms with E-state index in [2.05, 4.69) is 5.32 Å². The molecule has 17 heavy (non-hydrogen) atoms. The SMILES string of the molecule is O=C(OC1CCC1)c1ccc(NCCO)cc1. The number of aliphatic hydroxyl groups excluding tert-OH is 1. The highest BCUT2D eigenvalue weighted by Crippen LogP contribution is 2.23. The first-order chi connectivity index (χ1) is 8.29. The lowest BCUT2D eigenvalue weighted by molar-refractivity contribution is 0.00901. The van der Waals surface area contributed by atoms with E-state index in [1.165, 1.54) is 0 Å². The van der Waals surface area contributed by atoms with Gasteiger partial charge in [-0.1, -0.05) is 0 Å². The molecule has 0 bridgehead atoms. The van der Waals surface area contributed by atoms with Gasteiger partial charge in [-0.15, -0.1) is 0 Å². The third kappa shape index (κ3) is 3.20. The molecular formula is C13H17NO3. The van der Waals surface area contributed by atoms with Gasteiger partial charge in [-0.2, -0.15) is 0 Å². The van der Waals surface area contributed by atoms with E-state index < -0.39 is 0 Å². The Morgan fingerprint density at radius 1 is 1.35 bits per heavy atom. The van der Waals surface area contributed by atoms with Gasteiger partial charge in [0.15, 0.2) is 0 Å². The summed E-state index contributed by atoms with van der Waals surface area (Å²) in [6, 6.07) is 7.10. The normalized spacial score (nSPS) is 15.1. The van der Waals surface area contributed by atoms with Crippen molar-refractivity contribution in [1.29, 1.82) is 0 Å². The van der Waals surface area contributed by atoms with E-state index in [-0.39, 0.29) is 18.7 Å². The minimum Gasteiger partial charge on any atom is -0.459 e. The average Bonchev–Trinajstić information content (AvgIpc) is 2.31. The lowest BCUT2D eigenvalue weighted by Crippen LogP contribution is -2.25. The monoisotopic (exact) mass is 235 g/mol. The van der Waals surface area contributed by atoms with E-state index in [4.69, 9.17) is 9.84 Å². The number of nitrogens with one attached hydrogen (secondary N) is 1. The minimum absolute atomic E-state index is 0.0888. The molecule has 1 saturated carbocycles. The number of aliphatic hydroxyl groups is 1. The highest BCUT2D eigenvalue weighted by atomic mass is 16.5. The van der Waals surface area contributed by atoms with Gasteiger partial charge in [0.1, 0.15) is 6.10 Å². The van der Waals surface area contributed by atoms with E-state index in [1.807, 2.05) is 12.1 Å². The fourth-order valence-corrected chi connectivity index (χ4v) is 1.63. The van der Waals surface area contributed by atoms with Gasteiger partial charge >= 0.3 is 5.97 Å². The van der Waals surface area contributed by atoms with Crippen molar-refractivity contribution >= 4 is 11.7 Å². The van der Waals surface area contributed by atoms with Crippen molar-refractivity contribution in [2.75, 3.05) is 18.5 Å². The highest BCUT2D eigenvalue weighted by Gasteiger charge is 2.22. The predicted molar refractivity (Wildman–Crippen MR) is 65.1 cm³/mol. The average molecular weight is 235 g/mol. The Morgan fingerprint density at radius 3 is 2.59 bits per heavy atom. The molecule has 1 aromatic carbocycles. The molecule has 2 rings (SSSR count). The van der Waals surface area contributed by atoms with Crippen LogP contribution < -0.4 is 5.32 Å². The number of anilines is 1. The van der Waals surface area contributed by atoms with E-state index in [0.717, 1.165) is 24.9 Å². The van der Waals surface area contributed by atoms with Gasteiger partial charge in [0.05, 0.1) is 12.2 Å². The zero-order valence-electron chi connectivity index (χ0n) is 9.69. The molecule has 0 spiro atoms. The van der Waals surface area contributed by atoms with Crippen molar-refractivity contribution in [2.24, 2.45) is 0 Å². The second kappa shape index (κ2) is 5.68. The molecule has 0 aromatic heterocycles. The summed E-state index contributed by atoms with van der Waals surface area (Å²) >= 11 is 0. The summed E-state index contributed by atoms with van der Waals surface area (Å²) in [6.07, 6.45) is 3.25. The number of benzene rings is 1. The topological polar surface area (TPSA) is 58.6 Å². The van der Waals surface area contributed by atoms with Crippen LogP contribution in [0.25, 0.3) is 0 Å². The molecule has 0 amide bonds. The van der Waals surface area contributed by atoms with Gasteiger partial charge < -0.3 is 15.2 Å². The lowest BCUT2D eigenvalue weighted by atomic mass is 9.96. The van der Waals surface area contributed by atoms with Gasteiger partial charge in [-0.3, -0.25) is 0 Å². The first-order valence-corrected chi connectivity index (χ1v) is 5.95. The standard InChI is InChI=1S/C13H17NO3/c15-9-8-14-11-6-4-10(5-7-11)13(16)17-12-2-1-3-12/h4-7,12,14-15H,1-3,8-9H2. The fraction of sp³-hybridized carbons (Fsp3) is 0.462. The summed E-state index contributed by atoms with van der Waals surface area (Å²) in [5.74, 6) is -0.247. The number of carbonyl (C=O) groups is 1. The van der Waals surface area contributed by atoms with Gasteiger partial charge in [0.2, 0.25) is 0 Å². The van der Waals surface area contributed by atoms with Crippen LogP contribution in [0.1, 0.15) is 29.6 Å². The van der Waals surface area contributed by atoms with Crippen molar-refractivity contribution < 1.29 is 14.6 Å². The smallest absolute Gasteiger partial charge is 0.338 e. The maximum Gasteiger partial charge on any atom is 0.338 e. The largest absolute Gasteiger partial charge is 0.459 e. The van der Waals surface area contributed by atoms with Gasteiger partial charge in [-0.25, -0.2) is 4.79 Å². The van der Waals surface area contributed by atoms with E-state index in [9.17, 15) is 4.79 Å². The van der Waals surface area contributed by atoms with Crippen LogP contribution in [0.3, 0.4) is 0 Å². The molecule has 2 N–H and O–H groups in total. The Labute approximate surface area is 101 Å². The molecule has 1 fully saturated rings. The summed E-state index contributed by atoms with van der Waals surface area (Å²) in [5, 5.41) is 11.7. The molecule has 0 atom stereocenters. The van der Waals surface area contributed by atoms with Crippen LogP contribution in [-0.2, 0) is 4.74 Å². The maximum atomic E-state index is 11.7. The zero-order chi connectivity index (χ0) is 12.1. The molecule has 1 aliphatic rings. The van der Waals surface area contributed by atoms with E-state index >= 15 is 0 Å². The number of ether oxygens (including phenoxy) is 1. The second-order valence-electron chi connectivity index (χ2n) is 4.19. The summed E-state index contributed by atoms with van der Waals surface area (Å²) in [7, 11) is 0. The summed E-state index contributed by atoms with van der Waals surface area (Å²) in [4.78, 5) is 11.7. The molecule has 0 radical (unpaired) electrons. The quantitative estimate of drug-likeness (QED) is 0.764. The molecule has 0 heterocycles. The molecule has 1 aromatic rings. The Balaban J connectivity index is 1.89. The number of esters is 1. The van der Waals surface area contributed by atoms with Crippen LogP contribution in [0, 0.1) is 0 Å². The first kappa shape index (κ1) is 11.9. The maximum absolute atomic E-state index is 11.7. The van der Waals surface area contributed by atoms with E-state index in [0.29, 0.717) is 12.1 Å². The van der Waals surface area contributed by atoms with Crippen molar-refractivity contribution in [3.05, 3.63) is 29.8 Å². The number of hydrogen-bond donors (Lipinski definition) is 2. The van der Waals surface area contributed by atoms with Crippen molar-refractivity contribution in [1.82, 2.24) is 0 Å². The van der Waals surface area contributed by atoms with Crippen LogP contribution in [0.15, 0.2) is 24.3 Å². The molecular weight excluding hydrogens is 218 g/mol. The molecule has 4 heteroatoms.